The van der Waals surface area contributed by atoms with E-state index in [2.05, 4.69) is 10.8 Å². The number of nitrogens with one attached hydrogen (secondary N) is 1. The van der Waals surface area contributed by atoms with Crippen molar-refractivity contribution in [3.05, 3.63) is 53.1 Å². The quantitative estimate of drug-likeness (QED) is 0.835. The van der Waals surface area contributed by atoms with Gasteiger partial charge in [-0.25, -0.2) is 13.1 Å². The Kier molecular flexibility index (Phi) is 5.85. The first kappa shape index (κ1) is 18.3. The van der Waals surface area contributed by atoms with E-state index in [0.717, 1.165) is 5.56 Å². The number of methoxy groups -OCH3 is 2. The monoisotopic (exact) mass is 349 g/mol. The maximum Gasteiger partial charge on any atom is 0.240 e. The van der Waals surface area contributed by atoms with E-state index in [-0.39, 0.29) is 4.90 Å². The Morgan fingerprint density at radius 3 is 2.29 bits per heavy atom. The molecule has 0 atom stereocenters. The van der Waals surface area contributed by atoms with Crippen molar-refractivity contribution in [1.29, 1.82) is 0 Å². The molecule has 0 radical (unpaired) electrons. The molecule has 0 bridgehead atoms. The maximum atomic E-state index is 12.4. The number of benzene rings is 2. The van der Waals surface area contributed by atoms with E-state index < -0.39 is 10.0 Å². The summed E-state index contributed by atoms with van der Waals surface area (Å²) in [6.45, 7) is 4.41. The van der Waals surface area contributed by atoms with Crippen molar-refractivity contribution in [2.75, 3.05) is 20.8 Å². The summed E-state index contributed by atoms with van der Waals surface area (Å²) in [7, 11) is -0.612. The van der Waals surface area contributed by atoms with Gasteiger partial charge < -0.3 is 9.47 Å². The number of aryl methyl sites for hydroxylation is 2. The molecule has 0 aliphatic rings. The van der Waals surface area contributed by atoms with Crippen molar-refractivity contribution in [2.45, 2.75) is 25.2 Å². The van der Waals surface area contributed by atoms with Crippen LogP contribution < -0.4 is 14.2 Å². The Labute approximate surface area is 143 Å². The van der Waals surface area contributed by atoms with E-state index in [1.807, 2.05) is 26.0 Å². The average molecular weight is 349 g/mol. The fraction of sp³-hybridized carbons (Fsp3) is 0.333. The summed E-state index contributed by atoms with van der Waals surface area (Å²) in [4.78, 5) is 0.153. The molecule has 0 heterocycles. The molecule has 0 saturated heterocycles. The molecule has 0 spiro atoms. The van der Waals surface area contributed by atoms with Gasteiger partial charge in [-0.15, -0.1) is 0 Å². The van der Waals surface area contributed by atoms with E-state index in [1.54, 1.807) is 6.07 Å². The van der Waals surface area contributed by atoms with Crippen LogP contribution in [0.2, 0.25) is 0 Å². The SMILES string of the molecule is COc1ccc(S(=O)(=O)NCCc2ccc(C)cc2C)cc1OC. The smallest absolute Gasteiger partial charge is 0.240 e. The van der Waals surface area contributed by atoms with Crippen molar-refractivity contribution >= 4 is 10.0 Å². The Balaban J connectivity index is 2.08. The Morgan fingerprint density at radius 1 is 0.958 bits per heavy atom. The molecule has 2 aromatic carbocycles. The molecule has 5 nitrogen and oxygen atoms in total. The van der Waals surface area contributed by atoms with Gasteiger partial charge >= 0.3 is 0 Å². The zero-order valence-electron chi connectivity index (χ0n) is 14.4. The maximum absolute atomic E-state index is 12.4. The summed E-state index contributed by atoms with van der Waals surface area (Å²) in [5, 5.41) is 0. The first-order valence-electron chi connectivity index (χ1n) is 7.65. The van der Waals surface area contributed by atoms with Gasteiger partial charge in [-0.3, -0.25) is 0 Å². The fourth-order valence-electron chi connectivity index (χ4n) is 2.51. The van der Waals surface area contributed by atoms with Crippen molar-refractivity contribution in [1.82, 2.24) is 4.72 Å². The van der Waals surface area contributed by atoms with Gasteiger partial charge in [-0.2, -0.15) is 0 Å². The minimum atomic E-state index is -3.59. The molecule has 6 heteroatoms. The second kappa shape index (κ2) is 7.68. The molecule has 0 saturated carbocycles. The third-order valence-corrected chi connectivity index (χ3v) is 5.31. The van der Waals surface area contributed by atoms with Gasteiger partial charge in [0.25, 0.3) is 0 Å². The van der Waals surface area contributed by atoms with Crippen LogP contribution in [0.15, 0.2) is 41.3 Å². The molecule has 0 unspecified atom stereocenters. The molecule has 24 heavy (non-hydrogen) atoms. The highest BCUT2D eigenvalue weighted by molar-refractivity contribution is 7.89. The molecule has 0 aromatic heterocycles. The molecule has 2 rings (SSSR count). The Bertz CT molecular complexity index is 816. The summed E-state index contributed by atoms with van der Waals surface area (Å²) in [5.41, 5.74) is 3.50. The molecule has 0 aliphatic carbocycles. The predicted octanol–water partition coefficient (Wildman–Crippen LogP) is 2.84. The van der Waals surface area contributed by atoms with Crippen LogP contribution in [-0.4, -0.2) is 29.2 Å². The van der Waals surface area contributed by atoms with Crippen LogP contribution in [0, 0.1) is 13.8 Å². The minimum Gasteiger partial charge on any atom is -0.493 e. The largest absolute Gasteiger partial charge is 0.493 e. The fourth-order valence-corrected chi connectivity index (χ4v) is 3.56. The van der Waals surface area contributed by atoms with Crippen LogP contribution in [0.4, 0.5) is 0 Å². The van der Waals surface area contributed by atoms with Gasteiger partial charge in [-0.05, 0) is 43.5 Å². The third kappa shape index (κ3) is 4.27. The second-order valence-electron chi connectivity index (χ2n) is 5.59. The highest BCUT2D eigenvalue weighted by Crippen LogP contribution is 2.29. The first-order valence-corrected chi connectivity index (χ1v) is 9.13. The molecular formula is C18H23NO4S. The molecule has 1 N–H and O–H groups in total. The van der Waals surface area contributed by atoms with Crippen molar-refractivity contribution < 1.29 is 17.9 Å². The lowest BCUT2D eigenvalue weighted by Gasteiger charge is -2.12. The minimum absolute atomic E-state index is 0.153. The van der Waals surface area contributed by atoms with Gasteiger partial charge in [0, 0.05) is 12.6 Å². The van der Waals surface area contributed by atoms with Gasteiger partial charge in [-0.1, -0.05) is 23.8 Å². The summed E-state index contributed by atoms with van der Waals surface area (Å²) in [6.07, 6.45) is 0.638. The number of rotatable bonds is 7. The Morgan fingerprint density at radius 2 is 1.67 bits per heavy atom. The summed E-state index contributed by atoms with van der Waals surface area (Å²) >= 11 is 0. The number of sulfonamides is 1. The number of ether oxygens (including phenoxy) is 2. The van der Waals surface area contributed by atoms with Gasteiger partial charge in [0.05, 0.1) is 19.1 Å². The van der Waals surface area contributed by atoms with Crippen LogP contribution in [-0.2, 0) is 16.4 Å². The highest BCUT2D eigenvalue weighted by atomic mass is 32.2. The zero-order valence-corrected chi connectivity index (χ0v) is 15.2. The van der Waals surface area contributed by atoms with Crippen LogP contribution in [0.25, 0.3) is 0 Å². The average Bonchev–Trinajstić information content (AvgIpc) is 2.56. The normalized spacial score (nSPS) is 11.3. The summed E-state index contributed by atoms with van der Waals surface area (Å²) in [6, 6.07) is 10.7. The first-order chi connectivity index (χ1) is 11.4. The van der Waals surface area contributed by atoms with E-state index >= 15 is 0 Å². The van der Waals surface area contributed by atoms with Crippen LogP contribution in [0.1, 0.15) is 16.7 Å². The lowest BCUT2D eigenvalue weighted by Crippen LogP contribution is -2.26. The van der Waals surface area contributed by atoms with Crippen LogP contribution in [0.5, 0.6) is 11.5 Å². The highest BCUT2D eigenvalue weighted by Gasteiger charge is 2.16. The summed E-state index contributed by atoms with van der Waals surface area (Å²) < 4.78 is 37.8. The standard InChI is InChI=1S/C18H23NO4S/c1-13-5-6-15(14(2)11-13)9-10-19-24(20,21)16-7-8-17(22-3)18(12-16)23-4/h5-8,11-12,19H,9-10H2,1-4H3. The zero-order chi connectivity index (χ0) is 17.7. The van der Waals surface area contributed by atoms with Gasteiger partial charge in [0.15, 0.2) is 11.5 Å². The van der Waals surface area contributed by atoms with E-state index in [9.17, 15) is 8.42 Å². The topological polar surface area (TPSA) is 64.6 Å². The molecular weight excluding hydrogens is 326 g/mol. The van der Waals surface area contributed by atoms with Crippen molar-refractivity contribution in [3.8, 4) is 11.5 Å². The van der Waals surface area contributed by atoms with Crippen LogP contribution in [0.3, 0.4) is 0 Å². The lowest BCUT2D eigenvalue weighted by atomic mass is 10.0. The molecule has 2 aromatic rings. The Hall–Kier alpha value is -2.05. The number of hydrogen-bond donors (Lipinski definition) is 1. The van der Waals surface area contributed by atoms with E-state index in [1.165, 1.54) is 37.5 Å². The van der Waals surface area contributed by atoms with E-state index in [4.69, 9.17) is 9.47 Å². The van der Waals surface area contributed by atoms with Crippen molar-refractivity contribution in [2.24, 2.45) is 0 Å². The van der Waals surface area contributed by atoms with Crippen molar-refractivity contribution in [3.63, 3.8) is 0 Å². The predicted molar refractivity (Wildman–Crippen MR) is 94.4 cm³/mol. The third-order valence-electron chi connectivity index (χ3n) is 3.85. The van der Waals surface area contributed by atoms with Gasteiger partial charge in [0.2, 0.25) is 10.0 Å². The number of hydrogen-bond acceptors (Lipinski definition) is 4. The molecule has 0 amide bonds. The van der Waals surface area contributed by atoms with E-state index in [0.29, 0.717) is 24.5 Å². The molecule has 0 aliphatic heterocycles. The van der Waals surface area contributed by atoms with Gasteiger partial charge in [0.1, 0.15) is 0 Å². The van der Waals surface area contributed by atoms with Crippen LogP contribution >= 0.6 is 0 Å². The second-order valence-corrected chi connectivity index (χ2v) is 7.36. The molecule has 0 fully saturated rings. The summed E-state index contributed by atoms with van der Waals surface area (Å²) in [5.74, 6) is 0.876. The molecule has 130 valence electrons. The lowest BCUT2D eigenvalue weighted by molar-refractivity contribution is 0.354.